The molecule has 2 fully saturated rings. The number of nitrogen functional groups attached to an aromatic ring is 1. The molecular formula is C23H28ClF3N6O3. The number of likely N-dealkylation sites (tertiary alicyclic amines) is 1. The molecule has 2 aliphatic rings. The molecule has 9 nitrogen and oxygen atoms in total. The number of nitro groups is 1. The van der Waals surface area contributed by atoms with Crippen LogP contribution in [0.25, 0.3) is 0 Å². The Morgan fingerprint density at radius 2 is 1.89 bits per heavy atom. The standard InChI is InChI=1S/C23H28ClF3N6O3/c24-16-5-8-19(36-23(25,26)27)15(11-16)12-18-20(33(34)35)21(31-22(28)30-18)29-13-14-3-6-17(7-4-14)32-9-1-2-10-32/h5,8,11,14,17H,1-4,6-7,9-10,12-13H2,(H3,28,29,30,31). The number of rotatable bonds is 8. The summed E-state index contributed by atoms with van der Waals surface area (Å²) in [4.78, 5) is 21.9. The highest BCUT2D eigenvalue weighted by Gasteiger charge is 2.33. The molecule has 3 N–H and O–H groups in total. The quantitative estimate of drug-likeness (QED) is 0.355. The molecule has 196 valence electrons. The Morgan fingerprint density at radius 3 is 2.53 bits per heavy atom. The van der Waals surface area contributed by atoms with E-state index in [1.165, 1.54) is 25.0 Å². The number of aromatic nitrogens is 2. The van der Waals surface area contributed by atoms with Gasteiger partial charge in [0.25, 0.3) is 0 Å². The first-order valence-corrected chi connectivity index (χ1v) is 12.3. The number of halogens is 4. The topological polar surface area (TPSA) is 119 Å². The molecule has 2 aromatic rings. The third kappa shape index (κ3) is 6.67. The van der Waals surface area contributed by atoms with E-state index in [9.17, 15) is 23.3 Å². The predicted molar refractivity (Wildman–Crippen MR) is 129 cm³/mol. The summed E-state index contributed by atoms with van der Waals surface area (Å²) in [6, 6.07) is 4.14. The molecule has 13 heteroatoms. The molecule has 0 bridgehead atoms. The highest BCUT2D eigenvalue weighted by Crippen LogP contribution is 2.35. The number of benzene rings is 1. The van der Waals surface area contributed by atoms with Crippen LogP contribution in [0.3, 0.4) is 0 Å². The molecule has 0 amide bonds. The van der Waals surface area contributed by atoms with E-state index in [1.54, 1.807) is 0 Å². The second-order valence-electron chi connectivity index (χ2n) is 9.26. The lowest BCUT2D eigenvalue weighted by molar-refractivity contribution is -0.385. The van der Waals surface area contributed by atoms with E-state index in [2.05, 4.69) is 24.9 Å². The Labute approximate surface area is 211 Å². The highest BCUT2D eigenvalue weighted by molar-refractivity contribution is 6.30. The molecule has 0 atom stereocenters. The van der Waals surface area contributed by atoms with Gasteiger partial charge in [0, 0.05) is 29.6 Å². The van der Waals surface area contributed by atoms with Crippen molar-refractivity contribution in [1.82, 2.24) is 14.9 Å². The minimum atomic E-state index is -4.94. The van der Waals surface area contributed by atoms with Crippen molar-refractivity contribution in [1.29, 1.82) is 0 Å². The van der Waals surface area contributed by atoms with Crippen LogP contribution in [0, 0.1) is 16.0 Å². The number of hydrogen-bond donors (Lipinski definition) is 2. The van der Waals surface area contributed by atoms with Gasteiger partial charge in [0.2, 0.25) is 11.8 Å². The maximum atomic E-state index is 12.9. The first kappa shape index (κ1) is 26.2. The third-order valence-corrected chi connectivity index (χ3v) is 7.03. The highest BCUT2D eigenvalue weighted by atomic mass is 35.5. The Hall–Kier alpha value is -2.86. The fraction of sp³-hybridized carbons (Fsp3) is 0.565. The van der Waals surface area contributed by atoms with Gasteiger partial charge in [0.15, 0.2) is 0 Å². The van der Waals surface area contributed by atoms with Crippen LogP contribution < -0.4 is 15.8 Å². The maximum Gasteiger partial charge on any atom is 0.573 e. The summed E-state index contributed by atoms with van der Waals surface area (Å²) in [5.41, 5.74) is 5.23. The summed E-state index contributed by atoms with van der Waals surface area (Å²) in [5.74, 6) is -0.480. The molecule has 1 aliphatic heterocycles. The Morgan fingerprint density at radius 1 is 1.19 bits per heavy atom. The summed E-state index contributed by atoms with van der Waals surface area (Å²) < 4.78 is 42.7. The van der Waals surface area contributed by atoms with Crippen LogP contribution >= 0.6 is 11.6 Å². The molecule has 1 aromatic carbocycles. The van der Waals surface area contributed by atoms with Crippen molar-refractivity contribution in [2.24, 2.45) is 5.92 Å². The summed E-state index contributed by atoms with van der Waals surface area (Å²) in [6.45, 7) is 2.79. The lowest BCUT2D eigenvalue weighted by atomic mass is 9.85. The summed E-state index contributed by atoms with van der Waals surface area (Å²) in [5, 5.41) is 15.2. The largest absolute Gasteiger partial charge is 0.573 e. The number of hydrogen-bond acceptors (Lipinski definition) is 8. The smallest absolute Gasteiger partial charge is 0.405 e. The number of nitrogens with one attached hydrogen (secondary N) is 1. The predicted octanol–water partition coefficient (Wildman–Crippen LogP) is 5.18. The normalized spacial score (nSPS) is 20.9. The third-order valence-electron chi connectivity index (χ3n) is 6.79. The van der Waals surface area contributed by atoms with Crippen molar-refractivity contribution < 1.29 is 22.8 Å². The van der Waals surface area contributed by atoms with Gasteiger partial charge in [-0.15, -0.1) is 13.2 Å². The minimum Gasteiger partial charge on any atom is -0.405 e. The van der Waals surface area contributed by atoms with Crippen molar-refractivity contribution in [2.45, 2.75) is 57.3 Å². The monoisotopic (exact) mass is 528 g/mol. The lowest BCUT2D eigenvalue weighted by Gasteiger charge is -2.34. The molecule has 0 radical (unpaired) electrons. The van der Waals surface area contributed by atoms with Crippen molar-refractivity contribution in [3.05, 3.63) is 44.6 Å². The van der Waals surface area contributed by atoms with E-state index in [0.29, 0.717) is 18.5 Å². The number of nitrogens with zero attached hydrogens (tertiary/aromatic N) is 4. The van der Waals surface area contributed by atoms with E-state index in [4.69, 9.17) is 17.3 Å². The van der Waals surface area contributed by atoms with Gasteiger partial charge < -0.3 is 20.7 Å². The number of alkyl halides is 3. The van der Waals surface area contributed by atoms with E-state index >= 15 is 0 Å². The first-order chi connectivity index (χ1) is 17.1. The van der Waals surface area contributed by atoms with Crippen LogP contribution in [0.2, 0.25) is 5.02 Å². The van der Waals surface area contributed by atoms with Gasteiger partial charge in [-0.05, 0) is 75.7 Å². The molecule has 2 heterocycles. The molecule has 1 aliphatic carbocycles. The summed E-state index contributed by atoms with van der Waals surface area (Å²) in [7, 11) is 0. The van der Waals surface area contributed by atoms with Crippen LogP contribution in [0.5, 0.6) is 5.75 Å². The fourth-order valence-electron chi connectivity index (χ4n) is 5.11. The average molecular weight is 529 g/mol. The van der Waals surface area contributed by atoms with E-state index in [0.717, 1.165) is 44.8 Å². The summed E-state index contributed by atoms with van der Waals surface area (Å²) in [6.07, 6.45) is 1.37. The zero-order chi connectivity index (χ0) is 25.9. The molecule has 1 saturated carbocycles. The Balaban J connectivity index is 1.50. The van der Waals surface area contributed by atoms with Gasteiger partial charge in [-0.1, -0.05) is 11.6 Å². The molecular weight excluding hydrogens is 501 g/mol. The van der Waals surface area contributed by atoms with Gasteiger partial charge in [-0.2, -0.15) is 4.98 Å². The number of anilines is 2. The summed E-state index contributed by atoms with van der Waals surface area (Å²) >= 11 is 5.96. The van der Waals surface area contributed by atoms with Crippen LogP contribution in [-0.4, -0.2) is 51.8 Å². The Bertz CT molecular complexity index is 1090. The molecule has 1 aromatic heterocycles. The Kier molecular flexibility index (Phi) is 8.04. The van der Waals surface area contributed by atoms with E-state index < -0.39 is 22.7 Å². The van der Waals surface area contributed by atoms with Gasteiger partial charge in [-0.3, -0.25) is 10.1 Å². The van der Waals surface area contributed by atoms with Gasteiger partial charge in [0.05, 0.1) is 4.92 Å². The van der Waals surface area contributed by atoms with Gasteiger partial charge >= 0.3 is 12.0 Å². The fourth-order valence-corrected chi connectivity index (χ4v) is 5.31. The number of nitrogens with two attached hydrogens (primary N) is 1. The van der Waals surface area contributed by atoms with Crippen LogP contribution in [0.4, 0.5) is 30.6 Å². The molecule has 4 rings (SSSR count). The maximum absolute atomic E-state index is 12.9. The lowest BCUT2D eigenvalue weighted by Crippen LogP contribution is -2.37. The van der Waals surface area contributed by atoms with Gasteiger partial charge in [-0.25, -0.2) is 4.98 Å². The van der Waals surface area contributed by atoms with E-state index in [1.807, 2.05) is 0 Å². The number of ether oxygens (including phenoxy) is 1. The SMILES string of the molecule is Nc1nc(Cc2cc(Cl)ccc2OC(F)(F)F)c([N+](=O)[O-])c(NCC2CCC(N3CCCC3)CC2)n1. The van der Waals surface area contributed by atoms with Crippen molar-refractivity contribution >= 4 is 29.1 Å². The van der Waals surface area contributed by atoms with Crippen LogP contribution in [-0.2, 0) is 6.42 Å². The average Bonchev–Trinajstić information content (AvgIpc) is 3.33. The molecule has 1 saturated heterocycles. The second-order valence-corrected chi connectivity index (χ2v) is 9.69. The molecule has 36 heavy (non-hydrogen) atoms. The molecule has 0 unspecified atom stereocenters. The van der Waals surface area contributed by atoms with Gasteiger partial charge in [0.1, 0.15) is 11.4 Å². The second kappa shape index (κ2) is 11.0. The van der Waals surface area contributed by atoms with Crippen LogP contribution in [0.15, 0.2) is 18.2 Å². The zero-order valence-corrected chi connectivity index (χ0v) is 20.3. The first-order valence-electron chi connectivity index (χ1n) is 11.9. The van der Waals surface area contributed by atoms with Crippen molar-refractivity contribution in [3.8, 4) is 5.75 Å². The minimum absolute atomic E-state index is 0.0211. The van der Waals surface area contributed by atoms with E-state index in [-0.39, 0.29) is 34.5 Å². The van der Waals surface area contributed by atoms with Crippen molar-refractivity contribution in [3.63, 3.8) is 0 Å². The van der Waals surface area contributed by atoms with Crippen LogP contribution in [0.1, 0.15) is 49.8 Å². The van der Waals surface area contributed by atoms with Crippen molar-refractivity contribution in [2.75, 3.05) is 30.7 Å². The molecule has 0 spiro atoms. The zero-order valence-electron chi connectivity index (χ0n) is 19.6.